The van der Waals surface area contributed by atoms with Crippen LogP contribution >= 0.6 is 0 Å². The summed E-state index contributed by atoms with van der Waals surface area (Å²) in [5.74, 6) is 0. The molecule has 5 nitrogen and oxygen atoms in total. The summed E-state index contributed by atoms with van der Waals surface area (Å²) >= 11 is 0. The molecular weight excluding hydrogens is 647 g/mol. The first-order chi connectivity index (χ1) is 26.3. The van der Waals surface area contributed by atoms with E-state index in [1.807, 2.05) is 36.9 Å². The lowest BCUT2D eigenvalue weighted by atomic mass is 10.0. The van der Waals surface area contributed by atoms with Crippen LogP contribution in [0, 0.1) is 0 Å². The monoisotopic (exact) mass is 679 g/mol. The Kier molecular flexibility index (Phi) is 7.40. The summed E-state index contributed by atoms with van der Waals surface area (Å²) in [6.45, 7) is 0. The van der Waals surface area contributed by atoms with Gasteiger partial charge in [0, 0.05) is 75.6 Å². The molecule has 0 atom stereocenters. The molecule has 0 saturated carbocycles. The van der Waals surface area contributed by atoms with Gasteiger partial charge in [0.25, 0.3) is 0 Å². The summed E-state index contributed by atoms with van der Waals surface area (Å²) in [6, 6.07) is 60.6. The molecule has 4 aromatic heterocycles. The predicted molar refractivity (Wildman–Crippen MR) is 219 cm³/mol. The second kappa shape index (κ2) is 12.8. The number of fused-ring (bicyclic) bond motifs is 5. The van der Waals surface area contributed by atoms with E-state index in [-0.39, 0.29) is 0 Å². The highest BCUT2D eigenvalue weighted by Gasteiger charge is 2.20. The van der Waals surface area contributed by atoms with Crippen LogP contribution in [0.1, 0.15) is 0 Å². The van der Waals surface area contributed by atoms with Crippen molar-refractivity contribution >= 4 is 49.8 Å². The average molecular weight is 680 g/mol. The smallest absolute Gasteiger partial charge is 0.0635 e. The van der Waals surface area contributed by atoms with E-state index in [2.05, 4.69) is 188 Å². The maximum absolute atomic E-state index is 4.34. The Labute approximate surface area is 307 Å². The lowest BCUT2D eigenvalue weighted by Crippen LogP contribution is -2.10. The van der Waals surface area contributed by atoms with Crippen molar-refractivity contribution in [2.45, 2.75) is 0 Å². The molecule has 0 aliphatic heterocycles. The van der Waals surface area contributed by atoms with Crippen LogP contribution < -0.4 is 4.90 Å². The van der Waals surface area contributed by atoms with E-state index < -0.39 is 0 Å². The fourth-order valence-electron chi connectivity index (χ4n) is 7.63. The molecule has 6 aromatic carbocycles. The van der Waals surface area contributed by atoms with Gasteiger partial charge in [-0.05, 0) is 113 Å². The number of pyridine rings is 2. The van der Waals surface area contributed by atoms with Crippen LogP contribution in [0.25, 0.3) is 66.3 Å². The van der Waals surface area contributed by atoms with Crippen molar-refractivity contribution < 1.29 is 0 Å². The average Bonchev–Trinajstić information content (AvgIpc) is 3.82. The maximum Gasteiger partial charge on any atom is 0.0635 e. The van der Waals surface area contributed by atoms with E-state index in [0.29, 0.717) is 0 Å². The first kappa shape index (κ1) is 30.6. The quantitative estimate of drug-likeness (QED) is 0.168. The van der Waals surface area contributed by atoms with Crippen LogP contribution in [0.15, 0.2) is 201 Å². The lowest BCUT2D eigenvalue weighted by molar-refractivity contribution is 1.13. The number of aromatic nitrogens is 4. The maximum atomic E-state index is 4.34. The molecule has 0 radical (unpaired) electrons. The minimum Gasteiger partial charge on any atom is -0.316 e. The van der Waals surface area contributed by atoms with E-state index in [1.54, 1.807) is 0 Å². The molecule has 10 rings (SSSR count). The molecular formula is C48H33N5. The van der Waals surface area contributed by atoms with Gasteiger partial charge in [-0.3, -0.25) is 9.97 Å². The third kappa shape index (κ3) is 5.34. The number of benzene rings is 6. The Morgan fingerprint density at radius 2 is 0.962 bits per heavy atom. The number of rotatable bonds is 7. The molecule has 4 heterocycles. The van der Waals surface area contributed by atoms with Crippen molar-refractivity contribution in [2.24, 2.45) is 0 Å². The van der Waals surface area contributed by atoms with Gasteiger partial charge in [-0.25, -0.2) is 0 Å². The first-order valence-corrected chi connectivity index (χ1v) is 17.8. The van der Waals surface area contributed by atoms with Gasteiger partial charge in [0.2, 0.25) is 0 Å². The molecule has 0 aliphatic rings. The second-order valence-electron chi connectivity index (χ2n) is 13.2. The zero-order valence-electron chi connectivity index (χ0n) is 28.8. The first-order valence-electron chi connectivity index (χ1n) is 17.8. The Bertz CT molecular complexity index is 2760. The number of nitrogens with zero attached hydrogens (tertiary/aromatic N) is 5. The van der Waals surface area contributed by atoms with Crippen molar-refractivity contribution in [1.29, 1.82) is 0 Å². The van der Waals surface area contributed by atoms with Gasteiger partial charge in [0.1, 0.15) is 0 Å². The van der Waals surface area contributed by atoms with E-state index in [0.717, 1.165) is 56.2 Å². The van der Waals surface area contributed by atoms with Crippen molar-refractivity contribution in [3.63, 3.8) is 0 Å². The van der Waals surface area contributed by atoms with Crippen LogP contribution in [0.3, 0.4) is 0 Å². The Hall–Kier alpha value is -7.24. The van der Waals surface area contributed by atoms with E-state index >= 15 is 0 Å². The Morgan fingerprint density at radius 1 is 0.396 bits per heavy atom. The Morgan fingerprint density at radius 3 is 1.55 bits per heavy atom. The van der Waals surface area contributed by atoms with E-state index in [9.17, 15) is 0 Å². The summed E-state index contributed by atoms with van der Waals surface area (Å²) in [7, 11) is 0. The molecule has 250 valence electrons. The van der Waals surface area contributed by atoms with Gasteiger partial charge in [0.05, 0.1) is 16.6 Å². The zero-order chi connectivity index (χ0) is 35.1. The fraction of sp³-hybridized carbons (Fsp3) is 0. The van der Waals surface area contributed by atoms with Crippen molar-refractivity contribution in [3.05, 3.63) is 201 Å². The van der Waals surface area contributed by atoms with Crippen molar-refractivity contribution in [1.82, 2.24) is 19.1 Å². The number of anilines is 3. The fourth-order valence-corrected chi connectivity index (χ4v) is 7.63. The zero-order valence-corrected chi connectivity index (χ0v) is 28.8. The van der Waals surface area contributed by atoms with Gasteiger partial charge in [-0.1, -0.05) is 78.9 Å². The molecule has 0 N–H and O–H groups in total. The second-order valence-corrected chi connectivity index (χ2v) is 13.2. The number of hydrogen-bond donors (Lipinski definition) is 0. The largest absolute Gasteiger partial charge is 0.316 e. The topological polar surface area (TPSA) is 38.9 Å². The molecule has 10 aromatic rings. The molecule has 0 amide bonds. The molecule has 0 saturated heterocycles. The third-order valence-electron chi connectivity index (χ3n) is 10.1. The van der Waals surface area contributed by atoms with Crippen molar-refractivity contribution in [3.8, 4) is 33.6 Å². The number of hydrogen-bond acceptors (Lipinski definition) is 3. The normalized spacial score (nSPS) is 11.4. The summed E-state index contributed by atoms with van der Waals surface area (Å²) in [5, 5.41) is 3.62. The lowest BCUT2D eigenvalue weighted by Gasteiger charge is -2.26. The summed E-state index contributed by atoms with van der Waals surface area (Å²) < 4.78 is 4.70. The molecule has 0 spiro atoms. The van der Waals surface area contributed by atoms with E-state index in [4.69, 9.17) is 0 Å². The van der Waals surface area contributed by atoms with Gasteiger partial charge < -0.3 is 14.0 Å². The summed E-state index contributed by atoms with van der Waals surface area (Å²) in [4.78, 5) is 11.0. The highest BCUT2D eigenvalue weighted by Crippen LogP contribution is 2.42. The van der Waals surface area contributed by atoms with Crippen molar-refractivity contribution in [2.75, 3.05) is 4.90 Å². The standard InChI is InChI=1S/C48H33N5/c1-3-11-38(12-4-1)51-30-27-44-46(51)26-24-43-45-31-42(23-25-47(45)53(48(43)44)39-13-5-2-6-14-39)52(40-19-15-34(16-20-40)36-9-7-28-49-32-36)41-21-17-35(18-22-41)37-10-8-29-50-33-37/h1-33H. The van der Waals surface area contributed by atoms with Crippen LogP contribution in [0.4, 0.5) is 17.1 Å². The van der Waals surface area contributed by atoms with Crippen LogP contribution in [-0.4, -0.2) is 19.1 Å². The van der Waals surface area contributed by atoms with Gasteiger partial charge in [-0.15, -0.1) is 0 Å². The molecule has 0 aliphatic carbocycles. The molecule has 0 fully saturated rings. The molecule has 5 heteroatoms. The summed E-state index contributed by atoms with van der Waals surface area (Å²) in [6.07, 6.45) is 9.62. The predicted octanol–water partition coefficient (Wildman–Crippen LogP) is 12.3. The number of para-hydroxylation sites is 2. The van der Waals surface area contributed by atoms with Crippen LogP contribution in [0.2, 0.25) is 0 Å². The molecule has 0 bridgehead atoms. The SMILES string of the molecule is c1ccc(-n2ccc3c2ccc2c4cc(N(c5ccc(-c6cccnc6)cc5)c5ccc(-c6cccnc6)cc5)ccc4n(-c4ccccc4)c23)cc1. The minimum absolute atomic E-state index is 1.07. The third-order valence-corrected chi connectivity index (χ3v) is 10.1. The van der Waals surface area contributed by atoms with Gasteiger partial charge >= 0.3 is 0 Å². The highest BCUT2D eigenvalue weighted by molar-refractivity contribution is 6.19. The minimum atomic E-state index is 1.07. The Balaban J connectivity index is 1.17. The highest BCUT2D eigenvalue weighted by atomic mass is 15.1. The molecule has 53 heavy (non-hydrogen) atoms. The van der Waals surface area contributed by atoms with Gasteiger partial charge in [0.15, 0.2) is 0 Å². The van der Waals surface area contributed by atoms with Crippen LogP contribution in [-0.2, 0) is 0 Å². The summed E-state index contributed by atoms with van der Waals surface area (Å²) in [5.41, 5.74) is 13.5. The van der Waals surface area contributed by atoms with Crippen LogP contribution in [0.5, 0.6) is 0 Å². The van der Waals surface area contributed by atoms with E-state index in [1.165, 1.54) is 27.2 Å². The molecule has 0 unspecified atom stereocenters. The van der Waals surface area contributed by atoms with Gasteiger partial charge in [-0.2, -0.15) is 0 Å².